The second-order valence-corrected chi connectivity index (χ2v) is 7.76. The highest BCUT2D eigenvalue weighted by Gasteiger charge is 2.28. The van der Waals surface area contributed by atoms with Gasteiger partial charge < -0.3 is 14.1 Å². The quantitative estimate of drug-likeness (QED) is 0.516. The van der Waals surface area contributed by atoms with Crippen molar-refractivity contribution in [3.63, 3.8) is 0 Å². The van der Waals surface area contributed by atoms with Gasteiger partial charge in [-0.25, -0.2) is 9.78 Å². The van der Waals surface area contributed by atoms with E-state index in [0.717, 1.165) is 36.9 Å². The number of carbonyl (C=O) groups is 2. The topological polar surface area (TPSA) is 72.6 Å². The van der Waals surface area contributed by atoms with Crippen LogP contribution in [0.15, 0.2) is 65.1 Å². The van der Waals surface area contributed by atoms with E-state index in [-0.39, 0.29) is 24.2 Å². The van der Waals surface area contributed by atoms with Gasteiger partial charge in [-0.05, 0) is 44.0 Å². The van der Waals surface area contributed by atoms with Crippen molar-refractivity contribution in [2.45, 2.75) is 45.1 Å². The molecule has 31 heavy (non-hydrogen) atoms. The number of aryl methyl sites for hydroxylation is 1. The SMILES string of the molecule is Cc1oc(-c2ccccc2)nc1C(=O)OCC(=O)N(c1ccccc1)C1CCCCC1. The van der Waals surface area contributed by atoms with Gasteiger partial charge in [-0.2, -0.15) is 0 Å². The van der Waals surface area contributed by atoms with Gasteiger partial charge in [0.15, 0.2) is 12.3 Å². The van der Waals surface area contributed by atoms with E-state index in [1.54, 1.807) is 11.8 Å². The summed E-state index contributed by atoms with van der Waals surface area (Å²) in [5.74, 6) is -0.169. The number of carbonyl (C=O) groups excluding carboxylic acids is 2. The zero-order chi connectivity index (χ0) is 21.6. The first-order valence-corrected chi connectivity index (χ1v) is 10.7. The van der Waals surface area contributed by atoms with Crippen molar-refractivity contribution in [1.82, 2.24) is 4.98 Å². The van der Waals surface area contributed by atoms with Crippen molar-refractivity contribution in [1.29, 1.82) is 0 Å². The van der Waals surface area contributed by atoms with E-state index < -0.39 is 5.97 Å². The van der Waals surface area contributed by atoms with E-state index >= 15 is 0 Å². The summed E-state index contributed by atoms with van der Waals surface area (Å²) in [4.78, 5) is 31.8. The van der Waals surface area contributed by atoms with E-state index in [1.165, 1.54) is 6.42 Å². The number of nitrogens with zero attached hydrogens (tertiary/aromatic N) is 2. The summed E-state index contributed by atoms with van der Waals surface area (Å²) in [5.41, 5.74) is 1.70. The van der Waals surface area contributed by atoms with Crippen LogP contribution in [-0.2, 0) is 9.53 Å². The molecular formula is C25H26N2O4. The van der Waals surface area contributed by atoms with E-state index in [2.05, 4.69) is 4.98 Å². The van der Waals surface area contributed by atoms with E-state index in [0.29, 0.717) is 11.7 Å². The number of ether oxygens (including phenoxy) is 1. The Balaban J connectivity index is 1.46. The Hall–Kier alpha value is -3.41. The van der Waals surface area contributed by atoms with Gasteiger partial charge in [-0.1, -0.05) is 55.7 Å². The number of hydrogen-bond acceptors (Lipinski definition) is 5. The van der Waals surface area contributed by atoms with Crippen LogP contribution < -0.4 is 4.90 Å². The zero-order valence-corrected chi connectivity index (χ0v) is 17.6. The number of benzene rings is 2. The molecule has 6 nitrogen and oxygen atoms in total. The molecule has 0 unspecified atom stereocenters. The number of rotatable bonds is 6. The normalized spacial score (nSPS) is 14.2. The van der Waals surface area contributed by atoms with Crippen molar-refractivity contribution in [3.8, 4) is 11.5 Å². The highest BCUT2D eigenvalue weighted by atomic mass is 16.5. The number of aromatic nitrogens is 1. The maximum Gasteiger partial charge on any atom is 0.361 e. The van der Waals surface area contributed by atoms with Crippen LogP contribution in [0.5, 0.6) is 0 Å². The molecule has 1 saturated carbocycles. The summed E-state index contributed by atoms with van der Waals surface area (Å²) < 4.78 is 11.0. The average Bonchev–Trinajstić information content (AvgIpc) is 3.21. The highest BCUT2D eigenvalue weighted by Crippen LogP contribution is 2.28. The lowest BCUT2D eigenvalue weighted by Gasteiger charge is -2.34. The lowest BCUT2D eigenvalue weighted by atomic mass is 9.93. The Labute approximate surface area is 181 Å². The molecule has 0 aliphatic heterocycles. The number of esters is 1. The first-order chi connectivity index (χ1) is 15.1. The summed E-state index contributed by atoms with van der Waals surface area (Å²) in [5, 5.41) is 0. The number of oxazole rings is 1. The third-order valence-corrected chi connectivity index (χ3v) is 5.58. The third-order valence-electron chi connectivity index (χ3n) is 5.58. The van der Waals surface area contributed by atoms with E-state index in [9.17, 15) is 9.59 Å². The third kappa shape index (κ3) is 4.85. The maximum absolute atomic E-state index is 13.1. The number of para-hydroxylation sites is 1. The standard InChI is InChI=1S/C25H26N2O4/c1-18-23(26-24(31-18)19-11-5-2-6-12-19)25(29)30-17-22(28)27(20-13-7-3-8-14-20)21-15-9-4-10-16-21/h2-3,5-8,11-14,21H,4,9-10,15-17H2,1H3. The molecule has 6 heteroatoms. The molecule has 160 valence electrons. The molecule has 1 aromatic heterocycles. The second-order valence-electron chi connectivity index (χ2n) is 7.76. The Kier molecular flexibility index (Phi) is 6.46. The van der Waals surface area contributed by atoms with Crippen LogP contribution in [0.25, 0.3) is 11.5 Å². The molecule has 0 spiro atoms. The summed E-state index contributed by atoms with van der Waals surface area (Å²) in [7, 11) is 0. The fraction of sp³-hybridized carbons (Fsp3) is 0.320. The highest BCUT2D eigenvalue weighted by molar-refractivity contribution is 5.97. The monoisotopic (exact) mass is 418 g/mol. The van der Waals surface area contributed by atoms with Crippen molar-refractivity contribution in [2.75, 3.05) is 11.5 Å². The van der Waals surface area contributed by atoms with Gasteiger partial charge in [-0.15, -0.1) is 0 Å². The molecule has 0 bridgehead atoms. The minimum absolute atomic E-state index is 0.0931. The fourth-order valence-corrected chi connectivity index (χ4v) is 4.04. The largest absolute Gasteiger partial charge is 0.451 e. The van der Waals surface area contributed by atoms with Gasteiger partial charge in [0.05, 0.1) is 0 Å². The van der Waals surface area contributed by atoms with Crippen LogP contribution in [0, 0.1) is 6.92 Å². The Bertz CT molecular complexity index is 1020. The smallest absolute Gasteiger partial charge is 0.361 e. The van der Waals surface area contributed by atoms with Crippen molar-refractivity contribution >= 4 is 17.6 Å². The zero-order valence-electron chi connectivity index (χ0n) is 17.6. The second kappa shape index (κ2) is 9.60. The molecule has 0 N–H and O–H groups in total. The van der Waals surface area contributed by atoms with E-state index in [4.69, 9.17) is 9.15 Å². The van der Waals surface area contributed by atoms with Gasteiger partial charge in [0, 0.05) is 17.3 Å². The number of anilines is 1. The molecule has 1 aliphatic carbocycles. The Morgan fingerprint density at radius 2 is 1.65 bits per heavy atom. The fourth-order valence-electron chi connectivity index (χ4n) is 4.04. The summed E-state index contributed by atoms with van der Waals surface area (Å²) in [6, 6.07) is 19.0. The lowest BCUT2D eigenvalue weighted by molar-refractivity contribution is -0.122. The molecule has 3 aromatic rings. The molecule has 1 amide bonds. The molecule has 4 rings (SSSR count). The Morgan fingerprint density at radius 1 is 1.00 bits per heavy atom. The summed E-state index contributed by atoms with van der Waals surface area (Å²) >= 11 is 0. The first kappa shape index (κ1) is 20.8. The molecular weight excluding hydrogens is 392 g/mol. The summed E-state index contributed by atoms with van der Waals surface area (Å²) in [6.07, 6.45) is 5.30. The number of amides is 1. The first-order valence-electron chi connectivity index (χ1n) is 10.7. The predicted octanol–water partition coefficient (Wildman–Crippen LogP) is 5.17. The van der Waals surface area contributed by atoms with Crippen LogP contribution >= 0.6 is 0 Å². The van der Waals surface area contributed by atoms with Crippen molar-refractivity contribution < 1.29 is 18.7 Å². The molecule has 1 heterocycles. The van der Waals surface area contributed by atoms with Gasteiger partial charge in [-0.3, -0.25) is 4.79 Å². The van der Waals surface area contributed by atoms with Crippen LogP contribution in [-0.4, -0.2) is 29.5 Å². The van der Waals surface area contributed by atoms with Gasteiger partial charge in [0.1, 0.15) is 5.76 Å². The van der Waals surface area contributed by atoms with Crippen LogP contribution in [0.1, 0.15) is 48.4 Å². The molecule has 1 aliphatic rings. The molecule has 0 saturated heterocycles. The van der Waals surface area contributed by atoms with Gasteiger partial charge >= 0.3 is 5.97 Å². The van der Waals surface area contributed by atoms with Gasteiger partial charge in [0.25, 0.3) is 5.91 Å². The van der Waals surface area contributed by atoms with Crippen molar-refractivity contribution in [3.05, 3.63) is 72.1 Å². The molecule has 2 aromatic carbocycles. The van der Waals surface area contributed by atoms with Crippen LogP contribution in [0.3, 0.4) is 0 Å². The lowest BCUT2D eigenvalue weighted by Crippen LogP contribution is -2.43. The van der Waals surface area contributed by atoms with Crippen LogP contribution in [0.4, 0.5) is 5.69 Å². The Morgan fingerprint density at radius 3 is 2.32 bits per heavy atom. The molecule has 1 fully saturated rings. The van der Waals surface area contributed by atoms with Crippen molar-refractivity contribution in [2.24, 2.45) is 0 Å². The minimum atomic E-state index is -0.659. The predicted molar refractivity (Wildman–Crippen MR) is 118 cm³/mol. The summed E-state index contributed by atoms with van der Waals surface area (Å²) in [6.45, 7) is 1.33. The molecule has 0 radical (unpaired) electrons. The average molecular weight is 418 g/mol. The molecule has 0 atom stereocenters. The maximum atomic E-state index is 13.1. The number of hydrogen-bond donors (Lipinski definition) is 0. The minimum Gasteiger partial charge on any atom is -0.451 e. The van der Waals surface area contributed by atoms with Gasteiger partial charge in [0.2, 0.25) is 5.89 Å². The van der Waals surface area contributed by atoms with Crippen LogP contribution in [0.2, 0.25) is 0 Å². The van der Waals surface area contributed by atoms with E-state index in [1.807, 2.05) is 60.7 Å².